The Hall–Kier alpha value is -4.05. The fraction of sp³-hybridized carbons (Fsp3) is 0.278. The normalized spacial score (nSPS) is 12.0. The van der Waals surface area contributed by atoms with E-state index in [0.29, 0.717) is 40.2 Å². The van der Waals surface area contributed by atoms with E-state index in [4.69, 9.17) is 27.9 Å². The zero-order valence-corrected chi connectivity index (χ0v) is 28.9. The lowest BCUT2D eigenvalue weighted by Crippen LogP contribution is -2.53. The van der Waals surface area contributed by atoms with Gasteiger partial charge in [0.25, 0.3) is 10.0 Å². The molecule has 0 radical (unpaired) electrons. The van der Waals surface area contributed by atoms with Crippen molar-refractivity contribution in [2.45, 2.75) is 44.7 Å². The van der Waals surface area contributed by atoms with Crippen molar-refractivity contribution >= 4 is 50.7 Å². The van der Waals surface area contributed by atoms with Crippen molar-refractivity contribution in [1.29, 1.82) is 0 Å². The smallest absolute Gasteiger partial charge is 0.264 e. The Balaban J connectivity index is 1.79. The van der Waals surface area contributed by atoms with Crippen molar-refractivity contribution in [3.8, 4) is 5.75 Å². The van der Waals surface area contributed by atoms with Gasteiger partial charge in [0.15, 0.2) is 0 Å². The van der Waals surface area contributed by atoms with Crippen LogP contribution in [-0.4, -0.2) is 50.9 Å². The number of hydrogen-bond acceptors (Lipinski definition) is 5. The summed E-state index contributed by atoms with van der Waals surface area (Å²) in [6.07, 6.45) is 0.193. The molecule has 0 aromatic heterocycles. The molecule has 0 bridgehead atoms. The highest BCUT2D eigenvalue weighted by molar-refractivity contribution is 7.92. The Bertz CT molecular complexity index is 1740. The summed E-state index contributed by atoms with van der Waals surface area (Å²) in [5.74, 6) is -0.258. The van der Waals surface area contributed by atoms with E-state index in [1.165, 1.54) is 17.0 Å². The highest BCUT2D eigenvalue weighted by Crippen LogP contribution is 2.28. The van der Waals surface area contributed by atoms with E-state index in [1.54, 1.807) is 60.7 Å². The minimum absolute atomic E-state index is 0.0135. The summed E-state index contributed by atoms with van der Waals surface area (Å²) >= 11 is 12.7. The van der Waals surface area contributed by atoms with Crippen LogP contribution in [0.5, 0.6) is 5.75 Å². The van der Waals surface area contributed by atoms with Crippen LogP contribution in [0, 0.1) is 5.92 Å². The van der Waals surface area contributed by atoms with Crippen molar-refractivity contribution in [2.24, 2.45) is 5.92 Å². The molecule has 0 aliphatic carbocycles. The third-order valence-electron chi connectivity index (χ3n) is 7.36. The molecule has 0 spiro atoms. The number of rotatable bonds is 15. The molecular formula is C36H39Cl2N3O5S. The van der Waals surface area contributed by atoms with E-state index >= 15 is 0 Å². The molecule has 0 heterocycles. The van der Waals surface area contributed by atoms with Crippen LogP contribution in [0.3, 0.4) is 0 Å². The third kappa shape index (κ3) is 9.73. The van der Waals surface area contributed by atoms with Crippen LogP contribution in [0.2, 0.25) is 10.0 Å². The number of amides is 2. The molecule has 47 heavy (non-hydrogen) atoms. The second-order valence-corrected chi connectivity index (χ2v) is 14.1. The molecule has 0 saturated carbocycles. The first-order valence-electron chi connectivity index (χ1n) is 15.3. The minimum Gasteiger partial charge on any atom is -0.494 e. The number of benzene rings is 4. The molecule has 1 atom stereocenters. The van der Waals surface area contributed by atoms with Crippen molar-refractivity contribution in [3.05, 3.63) is 124 Å². The van der Waals surface area contributed by atoms with Gasteiger partial charge in [-0.15, -0.1) is 0 Å². The second-order valence-electron chi connectivity index (χ2n) is 11.4. The van der Waals surface area contributed by atoms with Crippen molar-refractivity contribution in [3.63, 3.8) is 0 Å². The summed E-state index contributed by atoms with van der Waals surface area (Å²) in [5, 5.41) is 3.71. The van der Waals surface area contributed by atoms with Gasteiger partial charge in [-0.3, -0.25) is 13.9 Å². The predicted molar refractivity (Wildman–Crippen MR) is 187 cm³/mol. The summed E-state index contributed by atoms with van der Waals surface area (Å²) in [5.41, 5.74) is 1.68. The first kappa shape index (κ1) is 35.8. The summed E-state index contributed by atoms with van der Waals surface area (Å²) in [4.78, 5) is 29.8. The van der Waals surface area contributed by atoms with Crippen LogP contribution in [0.25, 0.3) is 0 Å². The van der Waals surface area contributed by atoms with E-state index < -0.39 is 28.5 Å². The van der Waals surface area contributed by atoms with Crippen molar-refractivity contribution < 1.29 is 22.7 Å². The number of carbonyl (C=O) groups is 2. The first-order valence-corrected chi connectivity index (χ1v) is 17.5. The third-order valence-corrected chi connectivity index (χ3v) is 9.73. The Morgan fingerprint density at radius 2 is 1.51 bits per heavy atom. The number of nitrogens with one attached hydrogen (secondary N) is 1. The number of halogens is 2. The fourth-order valence-electron chi connectivity index (χ4n) is 4.93. The van der Waals surface area contributed by atoms with Crippen molar-refractivity contribution in [1.82, 2.24) is 10.2 Å². The maximum Gasteiger partial charge on any atom is 0.264 e. The maximum atomic E-state index is 14.6. The number of hydrogen-bond donors (Lipinski definition) is 1. The molecule has 4 aromatic rings. The number of ether oxygens (including phenoxy) is 1. The zero-order valence-electron chi connectivity index (χ0n) is 26.6. The van der Waals surface area contributed by atoms with E-state index in [2.05, 4.69) is 5.32 Å². The van der Waals surface area contributed by atoms with Gasteiger partial charge in [0.2, 0.25) is 11.8 Å². The van der Waals surface area contributed by atoms with Crippen LogP contribution >= 0.6 is 23.2 Å². The Morgan fingerprint density at radius 1 is 0.872 bits per heavy atom. The SMILES string of the molecule is CCOc1ccc(S(=O)(=O)N(CC(=O)N(Cc2ccc(Cl)cc2Cl)[C@H](Cc2ccccc2)C(=O)NCC(C)C)c2ccccc2)cc1. The maximum absolute atomic E-state index is 14.6. The summed E-state index contributed by atoms with van der Waals surface area (Å²) < 4.78 is 34.9. The van der Waals surface area contributed by atoms with Gasteiger partial charge < -0.3 is 15.0 Å². The summed E-state index contributed by atoms with van der Waals surface area (Å²) in [7, 11) is -4.24. The summed E-state index contributed by atoms with van der Waals surface area (Å²) in [6, 6.07) is 27.7. The van der Waals surface area contributed by atoms with Crippen LogP contribution in [-0.2, 0) is 32.6 Å². The molecule has 0 aliphatic rings. The van der Waals surface area contributed by atoms with Gasteiger partial charge in [-0.05, 0) is 72.5 Å². The monoisotopic (exact) mass is 695 g/mol. The molecule has 0 saturated heterocycles. The lowest BCUT2D eigenvalue weighted by Gasteiger charge is -2.34. The average molecular weight is 697 g/mol. The number of nitrogens with zero attached hydrogens (tertiary/aromatic N) is 2. The quantitative estimate of drug-likeness (QED) is 0.145. The van der Waals surface area contributed by atoms with Gasteiger partial charge in [0.05, 0.1) is 17.2 Å². The lowest BCUT2D eigenvalue weighted by atomic mass is 10.0. The van der Waals surface area contributed by atoms with Gasteiger partial charge in [-0.25, -0.2) is 8.42 Å². The minimum atomic E-state index is -4.24. The Labute approximate surface area is 287 Å². The molecule has 248 valence electrons. The molecule has 0 unspecified atom stereocenters. The average Bonchev–Trinajstić information content (AvgIpc) is 3.06. The molecular weight excluding hydrogens is 657 g/mol. The van der Waals surface area contributed by atoms with Gasteiger partial charge in [0.1, 0.15) is 18.3 Å². The van der Waals surface area contributed by atoms with E-state index in [9.17, 15) is 18.0 Å². The predicted octanol–water partition coefficient (Wildman–Crippen LogP) is 7.00. The van der Waals surface area contributed by atoms with Gasteiger partial charge >= 0.3 is 0 Å². The molecule has 4 rings (SSSR count). The largest absolute Gasteiger partial charge is 0.494 e. The lowest BCUT2D eigenvalue weighted by molar-refractivity contribution is -0.140. The number of anilines is 1. The van der Waals surface area contributed by atoms with Crippen LogP contribution in [0.4, 0.5) is 5.69 Å². The highest BCUT2D eigenvalue weighted by Gasteiger charge is 2.35. The van der Waals surface area contributed by atoms with Crippen LogP contribution in [0.15, 0.2) is 108 Å². The van der Waals surface area contributed by atoms with Crippen LogP contribution < -0.4 is 14.4 Å². The van der Waals surface area contributed by atoms with Crippen LogP contribution in [0.1, 0.15) is 31.9 Å². The number of sulfonamides is 1. The van der Waals surface area contributed by atoms with Gasteiger partial charge in [-0.1, -0.05) is 91.6 Å². The Morgan fingerprint density at radius 3 is 2.11 bits per heavy atom. The molecule has 0 aliphatic heterocycles. The number of carbonyl (C=O) groups excluding carboxylic acids is 2. The molecule has 1 N–H and O–H groups in total. The molecule has 4 aromatic carbocycles. The number of para-hydroxylation sites is 1. The van der Waals surface area contributed by atoms with Gasteiger partial charge in [0, 0.05) is 29.6 Å². The molecule has 0 fully saturated rings. The topological polar surface area (TPSA) is 96.0 Å². The summed E-state index contributed by atoms with van der Waals surface area (Å²) in [6.45, 7) is 5.99. The zero-order chi connectivity index (χ0) is 34.0. The second kappa shape index (κ2) is 16.7. The molecule has 11 heteroatoms. The van der Waals surface area contributed by atoms with Gasteiger partial charge in [-0.2, -0.15) is 0 Å². The first-order chi connectivity index (χ1) is 22.5. The van der Waals surface area contributed by atoms with E-state index in [1.807, 2.05) is 51.1 Å². The highest BCUT2D eigenvalue weighted by atomic mass is 35.5. The Kier molecular flexibility index (Phi) is 12.7. The molecule has 8 nitrogen and oxygen atoms in total. The van der Waals surface area contributed by atoms with Crippen molar-refractivity contribution in [2.75, 3.05) is 24.0 Å². The fourth-order valence-corrected chi connectivity index (χ4v) is 6.82. The standard InChI is InChI=1S/C36H39Cl2N3O5S/c1-4-46-31-17-19-32(20-18-31)47(44,45)41(30-13-9-6-10-14-30)25-35(42)40(24-28-15-16-29(37)22-33(28)38)34(36(43)39-23-26(2)3)21-27-11-7-5-8-12-27/h5-20,22,26,34H,4,21,23-25H2,1-3H3,(H,39,43)/t34-/m1/s1. The molecule has 2 amide bonds. The van der Waals surface area contributed by atoms with E-state index in [-0.39, 0.29) is 29.7 Å². The van der Waals surface area contributed by atoms with E-state index in [0.717, 1.165) is 9.87 Å².